The third kappa shape index (κ3) is 2.48. The predicted molar refractivity (Wildman–Crippen MR) is 54.3 cm³/mol. The Morgan fingerprint density at radius 2 is 2.27 bits per heavy atom. The van der Waals surface area contributed by atoms with E-state index in [1.165, 1.54) is 23.6 Å². The first-order valence-electron chi connectivity index (χ1n) is 4.21. The van der Waals surface area contributed by atoms with Gasteiger partial charge in [0, 0.05) is 23.7 Å². The lowest BCUT2D eigenvalue weighted by Crippen LogP contribution is -1.91. The number of hydrogen-bond donors (Lipinski definition) is 1. The number of hydrogen-bond acceptors (Lipinski definition) is 5. The van der Waals surface area contributed by atoms with Gasteiger partial charge in [-0.25, -0.2) is 9.37 Å². The van der Waals surface area contributed by atoms with Crippen molar-refractivity contribution in [2.24, 2.45) is 5.73 Å². The van der Waals surface area contributed by atoms with Crippen LogP contribution in [0.5, 0.6) is 10.9 Å². The second kappa shape index (κ2) is 4.33. The van der Waals surface area contributed by atoms with Gasteiger partial charge >= 0.3 is 0 Å². The number of nitrogens with two attached hydrogens (primary N) is 1. The number of ether oxygens (including phenoxy) is 1. The molecule has 2 aromatic rings. The van der Waals surface area contributed by atoms with Crippen LogP contribution in [-0.4, -0.2) is 9.97 Å². The molecule has 0 spiro atoms. The molecule has 4 nitrogen and oxygen atoms in total. The Balaban J connectivity index is 2.14. The summed E-state index contributed by atoms with van der Waals surface area (Å²) in [7, 11) is 0. The molecule has 2 N–H and O–H groups in total. The molecule has 6 heteroatoms. The standard InChI is InChI=1S/C9H8FN3OS/c10-6-1-7(4-12-3-6)14-9-13-5-8(2-11)15-9/h1,3-5H,2,11H2. The number of halogens is 1. The van der Waals surface area contributed by atoms with Crippen LogP contribution in [0.3, 0.4) is 0 Å². The van der Waals surface area contributed by atoms with E-state index in [-0.39, 0.29) is 0 Å². The average Bonchev–Trinajstić information content (AvgIpc) is 2.65. The molecule has 0 fully saturated rings. The molecule has 0 unspecified atom stereocenters. The average molecular weight is 225 g/mol. The quantitative estimate of drug-likeness (QED) is 0.867. The molecule has 0 bridgehead atoms. The van der Waals surface area contributed by atoms with Crippen molar-refractivity contribution in [2.45, 2.75) is 6.54 Å². The molecule has 15 heavy (non-hydrogen) atoms. The lowest BCUT2D eigenvalue weighted by molar-refractivity contribution is 0.470. The second-order valence-electron chi connectivity index (χ2n) is 2.74. The minimum absolute atomic E-state index is 0.327. The van der Waals surface area contributed by atoms with Crippen molar-refractivity contribution in [2.75, 3.05) is 0 Å². The van der Waals surface area contributed by atoms with E-state index in [0.29, 0.717) is 17.5 Å². The van der Waals surface area contributed by atoms with Crippen molar-refractivity contribution in [1.29, 1.82) is 0 Å². The highest BCUT2D eigenvalue weighted by Crippen LogP contribution is 2.25. The van der Waals surface area contributed by atoms with Crippen LogP contribution in [0.2, 0.25) is 0 Å². The summed E-state index contributed by atoms with van der Waals surface area (Å²) in [6.45, 7) is 0.419. The van der Waals surface area contributed by atoms with E-state index >= 15 is 0 Å². The maximum Gasteiger partial charge on any atom is 0.278 e. The molecule has 2 heterocycles. The summed E-state index contributed by atoms with van der Waals surface area (Å²) < 4.78 is 18.1. The first-order valence-corrected chi connectivity index (χ1v) is 5.03. The lowest BCUT2D eigenvalue weighted by Gasteiger charge is -1.99. The van der Waals surface area contributed by atoms with Gasteiger partial charge in [0.25, 0.3) is 5.19 Å². The third-order valence-electron chi connectivity index (χ3n) is 1.62. The summed E-state index contributed by atoms with van der Waals surface area (Å²) in [5.41, 5.74) is 5.42. The number of rotatable bonds is 3. The van der Waals surface area contributed by atoms with Gasteiger partial charge in [-0.3, -0.25) is 4.98 Å². The number of pyridine rings is 1. The Kier molecular flexibility index (Phi) is 2.89. The predicted octanol–water partition coefficient (Wildman–Crippen LogP) is 1.93. The van der Waals surface area contributed by atoms with Gasteiger partial charge in [0.05, 0.1) is 12.4 Å². The third-order valence-corrected chi connectivity index (χ3v) is 2.52. The van der Waals surface area contributed by atoms with E-state index in [0.717, 1.165) is 11.1 Å². The summed E-state index contributed by atoms with van der Waals surface area (Å²) in [5.74, 6) is -0.115. The number of nitrogens with zero attached hydrogens (tertiary/aromatic N) is 2. The summed E-state index contributed by atoms with van der Waals surface area (Å²) in [6, 6.07) is 1.25. The SMILES string of the molecule is NCc1cnc(Oc2cncc(F)c2)s1. The largest absolute Gasteiger partial charge is 0.429 e. The normalized spacial score (nSPS) is 10.3. The minimum Gasteiger partial charge on any atom is -0.429 e. The monoisotopic (exact) mass is 225 g/mol. The smallest absolute Gasteiger partial charge is 0.278 e. The fourth-order valence-electron chi connectivity index (χ4n) is 0.980. The molecule has 2 aromatic heterocycles. The summed E-state index contributed by atoms with van der Waals surface area (Å²) in [6.07, 6.45) is 4.17. The Morgan fingerprint density at radius 3 is 2.93 bits per heavy atom. The van der Waals surface area contributed by atoms with Crippen LogP contribution in [0.4, 0.5) is 4.39 Å². The van der Waals surface area contributed by atoms with Crippen LogP contribution in [0, 0.1) is 5.82 Å². The molecule has 0 aliphatic rings. The molecule has 0 saturated carbocycles. The van der Waals surface area contributed by atoms with Crippen molar-refractivity contribution >= 4 is 11.3 Å². The second-order valence-corrected chi connectivity index (χ2v) is 3.82. The zero-order valence-electron chi connectivity index (χ0n) is 7.68. The van der Waals surface area contributed by atoms with Crippen LogP contribution >= 0.6 is 11.3 Å². The highest BCUT2D eigenvalue weighted by atomic mass is 32.1. The Labute approximate surface area is 89.6 Å². The fourth-order valence-corrected chi connectivity index (χ4v) is 1.64. The highest BCUT2D eigenvalue weighted by molar-refractivity contribution is 7.13. The molecule has 0 aliphatic carbocycles. The van der Waals surface area contributed by atoms with E-state index < -0.39 is 5.82 Å². The Morgan fingerprint density at radius 1 is 1.40 bits per heavy atom. The maximum atomic E-state index is 12.8. The van der Waals surface area contributed by atoms with Gasteiger partial charge in [-0.15, -0.1) is 0 Å². The molecule has 0 aliphatic heterocycles. The first-order chi connectivity index (χ1) is 7.28. The maximum absolute atomic E-state index is 12.8. The van der Waals surface area contributed by atoms with Crippen molar-refractivity contribution in [3.05, 3.63) is 35.4 Å². The zero-order valence-corrected chi connectivity index (χ0v) is 8.50. The van der Waals surface area contributed by atoms with E-state index in [1.807, 2.05) is 0 Å². The highest BCUT2D eigenvalue weighted by Gasteiger charge is 2.04. The Bertz CT molecular complexity index is 460. The van der Waals surface area contributed by atoms with Gasteiger partial charge in [0.15, 0.2) is 5.75 Å². The van der Waals surface area contributed by atoms with Crippen LogP contribution in [0.1, 0.15) is 4.88 Å². The molecule has 0 atom stereocenters. The van der Waals surface area contributed by atoms with Gasteiger partial charge in [-0.05, 0) is 0 Å². The van der Waals surface area contributed by atoms with Gasteiger partial charge in [-0.1, -0.05) is 11.3 Å². The van der Waals surface area contributed by atoms with Crippen LogP contribution < -0.4 is 10.5 Å². The summed E-state index contributed by atoms with van der Waals surface area (Å²) in [4.78, 5) is 8.55. The number of aromatic nitrogens is 2. The Hall–Kier alpha value is -1.53. The topological polar surface area (TPSA) is 61.0 Å². The zero-order chi connectivity index (χ0) is 10.7. The fraction of sp³-hybridized carbons (Fsp3) is 0.111. The molecule has 0 amide bonds. The van der Waals surface area contributed by atoms with E-state index in [1.54, 1.807) is 6.20 Å². The van der Waals surface area contributed by atoms with E-state index in [2.05, 4.69) is 9.97 Å². The lowest BCUT2D eigenvalue weighted by atomic mass is 10.4. The van der Waals surface area contributed by atoms with Crippen molar-refractivity contribution in [3.63, 3.8) is 0 Å². The molecule has 2 rings (SSSR count). The van der Waals surface area contributed by atoms with Crippen molar-refractivity contribution in [1.82, 2.24) is 9.97 Å². The molecule has 78 valence electrons. The first kappa shape index (κ1) is 10.0. The molecule has 0 aromatic carbocycles. The van der Waals surface area contributed by atoms with Crippen molar-refractivity contribution < 1.29 is 9.13 Å². The summed E-state index contributed by atoms with van der Waals surface area (Å²) >= 11 is 1.33. The number of thiazole rings is 1. The molecular weight excluding hydrogens is 217 g/mol. The van der Waals surface area contributed by atoms with Gasteiger partial charge in [0.1, 0.15) is 5.82 Å². The van der Waals surface area contributed by atoms with Gasteiger partial charge < -0.3 is 10.5 Å². The van der Waals surface area contributed by atoms with Crippen molar-refractivity contribution in [3.8, 4) is 10.9 Å². The van der Waals surface area contributed by atoms with Gasteiger partial charge in [-0.2, -0.15) is 0 Å². The van der Waals surface area contributed by atoms with Crippen LogP contribution in [-0.2, 0) is 6.54 Å². The molecule has 0 saturated heterocycles. The van der Waals surface area contributed by atoms with E-state index in [4.69, 9.17) is 10.5 Å². The van der Waals surface area contributed by atoms with Gasteiger partial charge in [0.2, 0.25) is 0 Å². The van der Waals surface area contributed by atoms with E-state index in [9.17, 15) is 4.39 Å². The van der Waals surface area contributed by atoms with Crippen LogP contribution in [0.15, 0.2) is 24.7 Å². The summed E-state index contributed by atoms with van der Waals surface area (Å²) in [5, 5.41) is 0.433. The molecular formula is C9H8FN3OS. The minimum atomic E-state index is -0.442. The van der Waals surface area contributed by atoms with Crippen LogP contribution in [0.25, 0.3) is 0 Å². The molecule has 0 radical (unpaired) electrons.